The van der Waals surface area contributed by atoms with Crippen LogP contribution in [0.4, 0.5) is 0 Å². The van der Waals surface area contributed by atoms with Crippen molar-refractivity contribution in [2.75, 3.05) is 7.11 Å². The van der Waals surface area contributed by atoms with Crippen LogP contribution in [0.2, 0.25) is 5.02 Å². The number of pyridine rings is 1. The van der Waals surface area contributed by atoms with E-state index in [4.69, 9.17) is 27.9 Å². The SMILES string of the molecule is COc1ncc(CN(N)/C=C\N)cc1-c1cccc(Cl)c1. The molecule has 5 nitrogen and oxygen atoms in total. The zero-order valence-corrected chi connectivity index (χ0v) is 12.4. The lowest BCUT2D eigenvalue weighted by atomic mass is 10.1. The van der Waals surface area contributed by atoms with Gasteiger partial charge in [-0.3, -0.25) is 0 Å². The Balaban J connectivity index is 2.39. The largest absolute Gasteiger partial charge is 0.481 e. The summed E-state index contributed by atoms with van der Waals surface area (Å²) in [5.74, 6) is 6.33. The lowest BCUT2D eigenvalue weighted by Crippen LogP contribution is -2.24. The Bertz CT molecular complexity index is 645. The topological polar surface area (TPSA) is 77.4 Å². The molecule has 1 aromatic heterocycles. The standard InChI is InChI=1S/C15H17ClN4O/c1-21-15-14(12-3-2-4-13(16)8-12)7-11(9-19-15)10-20(18)6-5-17/h2-9H,10,17-18H2,1H3/b6-5-. The number of hydrogen-bond donors (Lipinski definition) is 2. The normalized spacial score (nSPS) is 10.8. The van der Waals surface area contributed by atoms with E-state index in [0.29, 0.717) is 17.4 Å². The van der Waals surface area contributed by atoms with Crippen LogP contribution >= 0.6 is 11.6 Å². The molecular formula is C15H17ClN4O. The second-order valence-corrected chi connectivity index (χ2v) is 4.86. The molecule has 21 heavy (non-hydrogen) atoms. The second kappa shape index (κ2) is 6.97. The summed E-state index contributed by atoms with van der Waals surface area (Å²) in [6.45, 7) is 0.484. The quantitative estimate of drug-likeness (QED) is 0.655. The number of rotatable bonds is 5. The van der Waals surface area contributed by atoms with Crippen LogP contribution in [0.1, 0.15) is 5.56 Å². The van der Waals surface area contributed by atoms with Crippen LogP contribution in [0.5, 0.6) is 5.88 Å². The lowest BCUT2D eigenvalue weighted by molar-refractivity contribution is 0.381. The van der Waals surface area contributed by atoms with Gasteiger partial charge in [-0.25, -0.2) is 10.8 Å². The lowest BCUT2D eigenvalue weighted by Gasteiger charge is -2.15. The minimum absolute atomic E-state index is 0.484. The van der Waals surface area contributed by atoms with Gasteiger partial charge in [-0.1, -0.05) is 23.7 Å². The number of halogens is 1. The van der Waals surface area contributed by atoms with Gasteiger partial charge >= 0.3 is 0 Å². The highest BCUT2D eigenvalue weighted by Crippen LogP contribution is 2.30. The first-order valence-corrected chi connectivity index (χ1v) is 6.70. The van der Waals surface area contributed by atoms with Gasteiger partial charge in [-0.2, -0.15) is 0 Å². The Morgan fingerprint density at radius 2 is 2.19 bits per heavy atom. The fourth-order valence-electron chi connectivity index (χ4n) is 1.98. The number of benzene rings is 1. The van der Waals surface area contributed by atoms with Gasteiger partial charge in [-0.05, 0) is 29.3 Å². The number of nitrogens with two attached hydrogens (primary N) is 2. The van der Waals surface area contributed by atoms with Crippen LogP contribution in [-0.2, 0) is 6.54 Å². The molecule has 4 N–H and O–H groups in total. The minimum Gasteiger partial charge on any atom is -0.481 e. The third kappa shape index (κ3) is 3.87. The molecular weight excluding hydrogens is 288 g/mol. The summed E-state index contributed by atoms with van der Waals surface area (Å²) in [7, 11) is 1.59. The van der Waals surface area contributed by atoms with E-state index in [-0.39, 0.29) is 0 Å². The molecule has 0 atom stereocenters. The van der Waals surface area contributed by atoms with Gasteiger partial charge in [0.2, 0.25) is 5.88 Å². The van der Waals surface area contributed by atoms with Gasteiger partial charge in [0.25, 0.3) is 0 Å². The molecule has 0 aliphatic carbocycles. The summed E-state index contributed by atoms with van der Waals surface area (Å²) in [4.78, 5) is 4.31. The summed E-state index contributed by atoms with van der Waals surface area (Å²) in [5.41, 5.74) is 8.05. The summed E-state index contributed by atoms with van der Waals surface area (Å²) in [6.07, 6.45) is 4.69. The maximum Gasteiger partial charge on any atom is 0.221 e. The van der Waals surface area contributed by atoms with Crippen molar-refractivity contribution in [2.24, 2.45) is 11.6 Å². The Morgan fingerprint density at radius 3 is 2.86 bits per heavy atom. The van der Waals surface area contributed by atoms with Gasteiger partial charge in [-0.15, -0.1) is 0 Å². The van der Waals surface area contributed by atoms with E-state index in [1.165, 1.54) is 11.2 Å². The highest BCUT2D eigenvalue weighted by Gasteiger charge is 2.10. The van der Waals surface area contributed by atoms with E-state index >= 15 is 0 Å². The molecule has 110 valence electrons. The predicted octanol–water partition coefficient (Wildman–Crippen LogP) is 2.52. The van der Waals surface area contributed by atoms with Crippen LogP contribution in [0.15, 0.2) is 48.9 Å². The average molecular weight is 305 g/mol. The fourth-order valence-corrected chi connectivity index (χ4v) is 2.17. The molecule has 0 spiro atoms. The van der Waals surface area contributed by atoms with E-state index < -0.39 is 0 Å². The molecule has 0 unspecified atom stereocenters. The van der Waals surface area contributed by atoms with Gasteiger partial charge in [0.15, 0.2) is 0 Å². The van der Waals surface area contributed by atoms with Crippen LogP contribution in [0, 0.1) is 0 Å². The highest BCUT2D eigenvalue weighted by molar-refractivity contribution is 6.30. The summed E-state index contributed by atoms with van der Waals surface area (Å²) in [5, 5.41) is 2.14. The maximum absolute atomic E-state index is 6.04. The van der Waals surface area contributed by atoms with Crippen molar-refractivity contribution in [1.82, 2.24) is 9.99 Å². The van der Waals surface area contributed by atoms with Gasteiger partial charge in [0.1, 0.15) is 0 Å². The molecule has 2 aromatic rings. The average Bonchev–Trinajstić information content (AvgIpc) is 2.47. The van der Waals surface area contributed by atoms with Crippen molar-refractivity contribution in [3.63, 3.8) is 0 Å². The van der Waals surface area contributed by atoms with Gasteiger partial charge in [0, 0.05) is 29.2 Å². The summed E-state index contributed by atoms with van der Waals surface area (Å²) in [6, 6.07) is 9.50. The van der Waals surface area contributed by atoms with Crippen LogP contribution in [0.3, 0.4) is 0 Å². The molecule has 0 saturated carbocycles. The van der Waals surface area contributed by atoms with Crippen molar-refractivity contribution in [2.45, 2.75) is 6.54 Å². The monoisotopic (exact) mass is 304 g/mol. The molecule has 1 heterocycles. The smallest absolute Gasteiger partial charge is 0.221 e. The Kier molecular flexibility index (Phi) is 5.03. The van der Waals surface area contributed by atoms with E-state index in [0.717, 1.165) is 16.7 Å². The first kappa shape index (κ1) is 15.2. The third-order valence-electron chi connectivity index (χ3n) is 2.88. The molecule has 0 bridgehead atoms. The van der Waals surface area contributed by atoms with Crippen molar-refractivity contribution >= 4 is 11.6 Å². The number of aromatic nitrogens is 1. The highest BCUT2D eigenvalue weighted by atomic mass is 35.5. The zero-order chi connectivity index (χ0) is 15.2. The van der Waals surface area contributed by atoms with Gasteiger partial charge < -0.3 is 15.5 Å². The molecule has 0 amide bonds. The molecule has 0 fully saturated rings. The molecule has 6 heteroatoms. The van der Waals surface area contributed by atoms with E-state index in [1.54, 1.807) is 19.5 Å². The van der Waals surface area contributed by atoms with Crippen LogP contribution < -0.4 is 16.3 Å². The molecule has 0 aliphatic rings. The first-order valence-electron chi connectivity index (χ1n) is 6.32. The second-order valence-electron chi connectivity index (χ2n) is 4.42. The Labute approximate surface area is 128 Å². The molecule has 2 rings (SSSR count). The zero-order valence-electron chi connectivity index (χ0n) is 11.7. The maximum atomic E-state index is 6.04. The van der Waals surface area contributed by atoms with Crippen molar-refractivity contribution < 1.29 is 4.74 Å². The number of hydrazine groups is 1. The molecule has 0 radical (unpaired) electrons. The minimum atomic E-state index is 0.484. The number of nitrogens with zero attached hydrogens (tertiary/aromatic N) is 2. The number of hydrogen-bond acceptors (Lipinski definition) is 5. The summed E-state index contributed by atoms with van der Waals surface area (Å²) >= 11 is 6.04. The van der Waals surface area contributed by atoms with Crippen molar-refractivity contribution in [1.29, 1.82) is 0 Å². The Morgan fingerprint density at radius 1 is 1.38 bits per heavy atom. The third-order valence-corrected chi connectivity index (χ3v) is 3.11. The van der Waals surface area contributed by atoms with E-state index in [1.807, 2.05) is 30.3 Å². The fraction of sp³-hybridized carbons (Fsp3) is 0.133. The van der Waals surface area contributed by atoms with E-state index in [9.17, 15) is 0 Å². The van der Waals surface area contributed by atoms with Crippen LogP contribution in [0.25, 0.3) is 11.1 Å². The van der Waals surface area contributed by atoms with Crippen molar-refractivity contribution in [3.8, 4) is 17.0 Å². The Hall–Kier alpha value is -2.24. The van der Waals surface area contributed by atoms with Crippen molar-refractivity contribution in [3.05, 3.63) is 59.5 Å². The number of ether oxygens (including phenoxy) is 1. The molecule has 0 saturated heterocycles. The first-order chi connectivity index (χ1) is 10.1. The molecule has 0 aliphatic heterocycles. The summed E-state index contributed by atoms with van der Waals surface area (Å²) < 4.78 is 5.31. The van der Waals surface area contributed by atoms with Gasteiger partial charge in [0.05, 0.1) is 13.7 Å². The molecule has 1 aromatic carbocycles. The van der Waals surface area contributed by atoms with E-state index in [2.05, 4.69) is 4.98 Å². The van der Waals surface area contributed by atoms with Crippen LogP contribution in [-0.4, -0.2) is 17.1 Å². The number of methoxy groups -OCH3 is 1. The predicted molar refractivity (Wildman–Crippen MR) is 84.3 cm³/mol.